The molecule has 0 bridgehead atoms. The second-order valence-corrected chi connectivity index (χ2v) is 9.34. The van der Waals surface area contributed by atoms with E-state index in [-0.39, 0.29) is 0 Å². The molecule has 152 valence electrons. The first-order valence-corrected chi connectivity index (χ1v) is 11.2. The highest BCUT2D eigenvalue weighted by atomic mass is 15.2. The number of anilines is 1. The van der Waals surface area contributed by atoms with Crippen molar-refractivity contribution in [1.29, 1.82) is 0 Å². The minimum Gasteiger partial charge on any atom is -0.364 e. The van der Waals surface area contributed by atoms with E-state index >= 15 is 0 Å². The summed E-state index contributed by atoms with van der Waals surface area (Å²) in [5.74, 6) is 0.826. The summed E-state index contributed by atoms with van der Waals surface area (Å²) in [6.07, 6.45) is 11.9. The van der Waals surface area contributed by atoms with Crippen LogP contribution < -0.4 is 4.90 Å². The molecule has 0 spiro atoms. The summed E-state index contributed by atoms with van der Waals surface area (Å²) in [5, 5.41) is 0. The first kappa shape index (κ1) is 20.9. The lowest BCUT2D eigenvalue weighted by atomic mass is 9.65. The van der Waals surface area contributed by atoms with Crippen LogP contribution in [-0.2, 0) is 6.54 Å². The molecule has 2 nitrogen and oxygen atoms in total. The third kappa shape index (κ3) is 4.77. The normalized spacial score (nSPS) is 23.4. The van der Waals surface area contributed by atoms with Crippen molar-refractivity contribution in [2.45, 2.75) is 85.7 Å². The Bertz CT molecular complexity index is 741. The van der Waals surface area contributed by atoms with Crippen LogP contribution in [0.2, 0.25) is 0 Å². The van der Waals surface area contributed by atoms with Gasteiger partial charge < -0.3 is 4.90 Å². The van der Waals surface area contributed by atoms with E-state index in [0.29, 0.717) is 11.5 Å². The van der Waals surface area contributed by atoms with Gasteiger partial charge in [0.1, 0.15) is 0 Å². The highest BCUT2D eigenvalue weighted by Crippen LogP contribution is 2.45. The Kier molecular flexibility index (Phi) is 6.80. The minimum atomic E-state index is 0.510. The third-order valence-corrected chi connectivity index (χ3v) is 7.30. The van der Waals surface area contributed by atoms with Crippen molar-refractivity contribution in [3.63, 3.8) is 0 Å². The predicted molar refractivity (Wildman–Crippen MR) is 121 cm³/mol. The van der Waals surface area contributed by atoms with Crippen LogP contribution >= 0.6 is 0 Å². The van der Waals surface area contributed by atoms with Crippen LogP contribution in [-0.4, -0.2) is 11.0 Å². The molecule has 2 aromatic rings. The Morgan fingerprint density at radius 1 is 1.11 bits per heavy atom. The van der Waals surface area contributed by atoms with E-state index in [9.17, 15) is 0 Å². The maximum absolute atomic E-state index is 4.39. The first-order valence-electron chi connectivity index (χ1n) is 11.2. The van der Waals surface area contributed by atoms with Crippen molar-refractivity contribution in [3.05, 3.63) is 59.4 Å². The van der Waals surface area contributed by atoms with E-state index < -0.39 is 0 Å². The number of nitrogens with zero attached hydrogens (tertiary/aromatic N) is 2. The van der Waals surface area contributed by atoms with E-state index in [1.54, 1.807) is 0 Å². The Morgan fingerprint density at radius 2 is 1.79 bits per heavy atom. The lowest BCUT2D eigenvalue weighted by Gasteiger charge is -2.45. The molecule has 1 aliphatic carbocycles. The topological polar surface area (TPSA) is 16.1 Å². The van der Waals surface area contributed by atoms with Crippen LogP contribution in [0.1, 0.15) is 76.0 Å². The van der Waals surface area contributed by atoms with Gasteiger partial charge in [-0.1, -0.05) is 51.3 Å². The number of hydrogen-bond acceptors (Lipinski definition) is 2. The van der Waals surface area contributed by atoms with Gasteiger partial charge in [0.25, 0.3) is 0 Å². The van der Waals surface area contributed by atoms with Crippen molar-refractivity contribution in [2.75, 3.05) is 4.90 Å². The minimum absolute atomic E-state index is 0.510. The lowest BCUT2D eigenvalue weighted by molar-refractivity contribution is 0.112. The van der Waals surface area contributed by atoms with Gasteiger partial charge in [0.05, 0.1) is 0 Å². The SMILES string of the molecule is CCC[C@@H](C)C1(C)CCC(N(Cc2cnccc2C)c2ccc(C)cc2)CC1. The van der Waals surface area contributed by atoms with Crippen LogP contribution in [0.15, 0.2) is 42.7 Å². The quantitative estimate of drug-likeness (QED) is 0.511. The van der Waals surface area contributed by atoms with Crippen LogP contribution in [0.3, 0.4) is 0 Å². The number of rotatable bonds is 7. The van der Waals surface area contributed by atoms with Crippen molar-refractivity contribution >= 4 is 5.69 Å². The number of pyridine rings is 1. The Hall–Kier alpha value is -1.83. The fraction of sp³-hybridized carbons (Fsp3) is 0.577. The molecular weight excluding hydrogens is 340 g/mol. The maximum Gasteiger partial charge on any atom is 0.0450 e. The molecule has 0 aliphatic heterocycles. The second-order valence-electron chi connectivity index (χ2n) is 9.34. The molecule has 2 heteroatoms. The second kappa shape index (κ2) is 9.11. The summed E-state index contributed by atoms with van der Waals surface area (Å²) in [7, 11) is 0. The molecular formula is C26H38N2. The fourth-order valence-corrected chi connectivity index (χ4v) is 4.86. The largest absolute Gasteiger partial charge is 0.364 e. The molecule has 1 aromatic heterocycles. The van der Waals surface area contributed by atoms with Gasteiger partial charge in [-0.25, -0.2) is 0 Å². The molecule has 0 amide bonds. The Morgan fingerprint density at radius 3 is 2.39 bits per heavy atom. The highest BCUT2D eigenvalue weighted by molar-refractivity contribution is 5.49. The fourth-order valence-electron chi connectivity index (χ4n) is 4.86. The average Bonchev–Trinajstić information content (AvgIpc) is 2.69. The van der Waals surface area contributed by atoms with Gasteiger partial charge in [0, 0.05) is 30.7 Å². The molecule has 0 N–H and O–H groups in total. The highest BCUT2D eigenvalue weighted by Gasteiger charge is 2.37. The standard InChI is InChI=1S/C26H38N2/c1-6-7-22(4)26(5)15-12-25(13-16-26)28(24-10-8-20(2)9-11-24)19-23-18-27-17-14-21(23)3/h8-11,14,17-18,22,25H,6-7,12-13,15-16,19H2,1-5H3/t22-,25?,26?/m1/s1. The summed E-state index contributed by atoms with van der Waals surface area (Å²) in [5.41, 5.74) is 5.87. The Balaban J connectivity index is 1.80. The Labute approximate surface area is 172 Å². The molecule has 1 aromatic carbocycles. The zero-order valence-corrected chi connectivity index (χ0v) is 18.5. The molecule has 0 radical (unpaired) electrons. The van der Waals surface area contributed by atoms with Crippen molar-refractivity contribution < 1.29 is 0 Å². The van der Waals surface area contributed by atoms with E-state index in [1.807, 2.05) is 12.4 Å². The van der Waals surface area contributed by atoms with E-state index in [1.165, 1.54) is 60.9 Å². The smallest absolute Gasteiger partial charge is 0.0450 e. The zero-order valence-electron chi connectivity index (χ0n) is 18.5. The molecule has 1 aliphatic rings. The van der Waals surface area contributed by atoms with Crippen LogP contribution in [0.4, 0.5) is 5.69 Å². The molecule has 1 fully saturated rings. The molecule has 3 rings (SSSR count). The number of aryl methyl sites for hydroxylation is 2. The molecule has 28 heavy (non-hydrogen) atoms. The first-order chi connectivity index (χ1) is 13.4. The van der Waals surface area contributed by atoms with Crippen molar-refractivity contribution in [3.8, 4) is 0 Å². The van der Waals surface area contributed by atoms with E-state index in [0.717, 1.165) is 12.5 Å². The van der Waals surface area contributed by atoms with Crippen LogP contribution in [0, 0.1) is 25.2 Å². The van der Waals surface area contributed by atoms with Gasteiger partial charge in [-0.15, -0.1) is 0 Å². The zero-order chi connectivity index (χ0) is 20.1. The third-order valence-electron chi connectivity index (χ3n) is 7.30. The number of aromatic nitrogens is 1. The van der Waals surface area contributed by atoms with Gasteiger partial charge in [-0.05, 0) is 80.2 Å². The monoisotopic (exact) mass is 378 g/mol. The summed E-state index contributed by atoms with van der Waals surface area (Å²) in [6.45, 7) is 12.6. The summed E-state index contributed by atoms with van der Waals surface area (Å²) in [4.78, 5) is 7.04. The summed E-state index contributed by atoms with van der Waals surface area (Å²) >= 11 is 0. The van der Waals surface area contributed by atoms with Crippen LogP contribution in [0.5, 0.6) is 0 Å². The van der Waals surface area contributed by atoms with E-state index in [4.69, 9.17) is 0 Å². The van der Waals surface area contributed by atoms with Crippen molar-refractivity contribution in [1.82, 2.24) is 4.98 Å². The van der Waals surface area contributed by atoms with Gasteiger partial charge in [-0.2, -0.15) is 0 Å². The molecule has 0 saturated heterocycles. The summed E-state index contributed by atoms with van der Waals surface area (Å²) in [6, 6.07) is 11.8. The average molecular weight is 379 g/mol. The molecule has 1 saturated carbocycles. The summed E-state index contributed by atoms with van der Waals surface area (Å²) < 4.78 is 0. The number of hydrogen-bond donors (Lipinski definition) is 0. The number of benzene rings is 1. The van der Waals surface area contributed by atoms with Gasteiger partial charge in [0.2, 0.25) is 0 Å². The molecule has 1 atom stereocenters. The predicted octanol–water partition coefficient (Wildman–Crippen LogP) is 7.09. The lowest BCUT2D eigenvalue weighted by Crippen LogP contribution is -2.42. The molecule has 1 heterocycles. The maximum atomic E-state index is 4.39. The van der Waals surface area contributed by atoms with Crippen LogP contribution in [0.25, 0.3) is 0 Å². The van der Waals surface area contributed by atoms with Crippen molar-refractivity contribution in [2.24, 2.45) is 11.3 Å². The van der Waals surface area contributed by atoms with Gasteiger partial charge >= 0.3 is 0 Å². The van der Waals surface area contributed by atoms with Gasteiger partial charge in [0.15, 0.2) is 0 Å². The van der Waals surface area contributed by atoms with Gasteiger partial charge in [-0.3, -0.25) is 4.98 Å². The van der Waals surface area contributed by atoms with E-state index in [2.05, 4.69) is 74.8 Å². The molecule has 0 unspecified atom stereocenters.